The third-order valence-electron chi connectivity index (χ3n) is 7.94. The average Bonchev–Trinajstić information content (AvgIpc) is 3.07. The Morgan fingerprint density at radius 3 is 2.55 bits per heavy atom. The number of alkyl halides is 1. The molecule has 0 spiro atoms. The maximum Gasteiger partial charge on any atom is 0.229 e. The van der Waals surface area contributed by atoms with E-state index in [1.807, 2.05) is 0 Å². The van der Waals surface area contributed by atoms with Gasteiger partial charge >= 0.3 is 0 Å². The molecule has 6 N–H and O–H groups in total. The quantitative estimate of drug-likeness (QED) is 0.281. The van der Waals surface area contributed by atoms with Gasteiger partial charge in [0.05, 0.1) is 29.5 Å². The summed E-state index contributed by atoms with van der Waals surface area (Å²) < 4.78 is 40.9. The molecule has 5 fully saturated rings. The summed E-state index contributed by atoms with van der Waals surface area (Å²) in [6.07, 6.45) is 1.20. The first-order chi connectivity index (χ1) is 15.8. The molecular weight excluding hydrogens is 451 g/mol. The largest absolute Gasteiger partial charge is 0.350 e. The number of carbonyl (C=O) groups is 1. The molecule has 13 heteroatoms. The number of hydrogen-bond acceptors (Lipinski definition) is 9. The number of nitrogens with one attached hydrogen (secondary N) is 4. The van der Waals surface area contributed by atoms with Crippen molar-refractivity contribution in [3.8, 4) is 0 Å². The molecule has 0 saturated carbocycles. The Hall–Kier alpha value is -0.930. The monoisotopic (exact) mass is 488 g/mol. The van der Waals surface area contributed by atoms with E-state index in [9.17, 15) is 17.6 Å². The zero-order valence-electron chi connectivity index (χ0n) is 19.0. The van der Waals surface area contributed by atoms with Crippen LogP contribution in [0, 0.1) is 5.92 Å². The molecule has 0 bridgehead atoms. The van der Waals surface area contributed by atoms with Gasteiger partial charge in [-0.2, -0.15) is 0 Å². The number of nitrogens with two attached hydrogens (primary N) is 1. The minimum atomic E-state index is -3.18. The van der Waals surface area contributed by atoms with E-state index in [-0.39, 0.29) is 42.5 Å². The molecule has 0 radical (unpaired) electrons. The Kier molecular flexibility index (Phi) is 6.93. The number of fused-ring (bicyclic) bond motifs is 1. The molecule has 11 nitrogen and oxygen atoms in total. The maximum absolute atomic E-state index is 13.7. The second kappa shape index (κ2) is 9.61. The van der Waals surface area contributed by atoms with Crippen LogP contribution in [0.1, 0.15) is 25.7 Å². The van der Waals surface area contributed by atoms with Gasteiger partial charge in [0.2, 0.25) is 15.9 Å². The molecule has 33 heavy (non-hydrogen) atoms. The molecule has 0 aromatic rings. The van der Waals surface area contributed by atoms with Crippen LogP contribution in [0.5, 0.6) is 0 Å². The number of amides is 1. The Balaban J connectivity index is 1.19. The number of nitrogens with zero attached hydrogens (tertiary/aromatic N) is 3. The van der Waals surface area contributed by atoms with E-state index in [0.717, 1.165) is 32.5 Å². The van der Waals surface area contributed by atoms with Crippen molar-refractivity contribution in [1.82, 2.24) is 35.6 Å². The number of halogens is 1. The van der Waals surface area contributed by atoms with Crippen LogP contribution >= 0.6 is 0 Å². The molecule has 6 unspecified atom stereocenters. The van der Waals surface area contributed by atoms with E-state index in [4.69, 9.17) is 5.73 Å². The summed E-state index contributed by atoms with van der Waals surface area (Å²) in [6, 6.07) is 0.0626. The highest BCUT2D eigenvalue weighted by molar-refractivity contribution is 7.89. The van der Waals surface area contributed by atoms with Gasteiger partial charge in [-0.3, -0.25) is 15.0 Å². The Labute approximate surface area is 195 Å². The van der Waals surface area contributed by atoms with Crippen LogP contribution in [-0.4, -0.2) is 117 Å². The van der Waals surface area contributed by atoms with Crippen molar-refractivity contribution in [1.29, 1.82) is 0 Å². The van der Waals surface area contributed by atoms with Gasteiger partial charge in [0.1, 0.15) is 6.17 Å². The lowest BCUT2D eigenvalue weighted by molar-refractivity contribution is -0.128. The second-order valence-electron chi connectivity index (χ2n) is 9.99. The number of rotatable bonds is 5. The van der Waals surface area contributed by atoms with Crippen molar-refractivity contribution < 1.29 is 17.6 Å². The standard InChI is InChI=1S/C20H37FN8O3S/c21-13-10-24-19-17(18(22)26-29(19)12-13)20(30)25-15-11-23-5-2-16(15)27-8-3-14(4-9-27)33(31,32)28-6-1-7-28/h13-19,23-24,26H,1-12,22H2,(H,25,30). The lowest BCUT2D eigenvalue weighted by Crippen LogP contribution is -2.64. The molecule has 6 atom stereocenters. The van der Waals surface area contributed by atoms with E-state index in [1.54, 1.807) is 9.31 Å². The van der Waals surface area contributed by atoms with E-state index >= 15 is 0 Å². The van der Waals surface area contributed by atoms with Gasteiger partial charge < -0.3 is 16.4 Å². The normalized spacial score (nSPS) is 39.7. The first-order valence-corrected chi connectivity index (χ1v) is 13.7. The highest BCUT2D eigenvalue weighted by atomic mass is 32.2. The zero-order valence-corrected chi connectivity index (χ0v) is 19.8. The third kappa shape index (κ3) is 4.66. The Morgan fingerprint density at radius 2 is 1.85 bits per heavy atom. The van der Waals surface area contributed by atoms with E-state index in [0.29, 0.717) is 32.5 Å². The summed E-state index contributed by atoms with van der Waals surface area (Å²) >= 11 is 0. The molecule has 1 amide bonds. The van der Waals surface area contributed by atoms with Crippen molar-refractivity contribution in [3.05, 3.63) is 0 Å². The third-order valence-corrected chi connectivity index (χ3v) is 10.3. The van der Waals surface area contributed by atoms with Crippen molar-refractivity contribution >= 4 is 15.9 Å². The summed E-state index contributed by atoms with van der Waals surface area (Å²) in [5.74, 6) is -0.659. The number of sulfonamides is 1. The van der Waals surface area contributed by atoms with Crippen molar-refractivity contribution in [3.63, 3.8) is 0 Å². The molecular formula is C20H37FN8O3S. The molecule has 5 heterocycles. The average molecular weight is 489 g/mol. The van der Waals surface area contributed by atoms with Gasteiger partial charge in [-0.05, 0) is 45.3 Å². The fraction of sp³-hybridized carbons (Fsp3) is 0.950. The van der Waals surface area contributed by atoms with Crippen molar-refractivity contribution in [2.75, 3.05) is 52.4 Å². The summed E-state index contributed by atoms with van der Waals surface area (Å²) in [7, 11) is -3.18. The van der Waals surface area contributed by atoms with Crippen molar-refractivity contribution in [2.24, 2.45) is 11.7 Å². The molecule has 188 valence electrons. The van der Waals surface area contributed by atoms with Crippen LogP contribution in [-0.2, 0) is 14.8 Å². The fourth-order valence-electron chi connectivity index (χ4n) is 5.94. The molecule has 5 aliphatic heterocycles. The highest BCUT2D eigenvalue weighted by Crippen LogP contribution is 2.28. The lowest BCUT2D eigenvalue weighted by atomic mass is 9.94. The predicted molar refractivity (Wildman–Crippen MR) is 121 cm³/mol. The number of carbonyl (C=O) groups excluding carboxylic acids is 1. The van der Waals surface area contributed by atoms with Gasteiger partial charge in [0, 0.05) is 38.8 Å². The van der Waals surface area contributed by atoms with Gasteiger partial charge in [-0.1, -0.05) is 0 Å². The van der Waals surface area contributed by atoms with Crippen LogP contribution in [0.25, 0.3) is 0 Å². The molecule has 0 aromatic carbocycles. The van der Waals surface area contributed by atoms with Gasteiger partial charge in [0.15, 0.2) is 0 Å². The Bertz CT molecular complexity index is 822. The first-order valence-electron chi connectivity index (χ1n) is 12.2. The second-order valence-corrected chi connectivity index (χ2v) is 12.2. The number of hydrogen-bond donors (Lipinski definition) is 5. The minimum absolute atomic E-state index is 0.0893. The van der Waals surface area contributed by atoms with Crippen LogP contribution in [0.4, 0.5) is 4.39 Å². The minimum Gasteiger partial charge on any atom is -0.350 e. The summed E-state index contributed by atoms with van der Waals surface area (Å²) in [6.45, 7) is 4.69. The van der Waals surface area contributed by atoms with Crippen LogP contribution in [0.15, 0.2) is 0 Å². The SMILES string of the molecule is NC1NN2CC(F)CNC2C1C(=O)NC1CNCCC1N1CCC(S(=O)(=O)N2CCC2)CC1. The maximum atomic E-state index is 13.7. The summed E-state index contributed by atoms with van der Waals surface area (Å²) in [5.41, 5.74) is 9.23. The molecule has 0 aromatic heterocycles. The number of piperidine rings is 2. The summed E-state index contributed by atoms with van der Waals surface area (Å²) in [5, 5.41) is 11.1. The predicted octanol–water partition coefficient (Wildman–Crippen LogP) is -2.68. The smallest absolute Gasteiger partial charge is 0.229 e. The first kappa shape index (κ1) is 23.8. The van der Waals surface area contributed by atoms with Gasteiger partial charge in [0.25, 0.3) is 0 Å². The van der Waals surface area contributed by atoms with Crippen LogP contribution < -0.4 is 27.1 Å². The molecule has 0 aliphatic carbocycles. The van der Waals surface area contributed by atoms with Gasteiger partial charge in [-0.25, -0.2) is 27.5 Å². The number of hydrazine groups is 1. The number of likely N-dealkylation sites (tertiary alicyclic amines) is 1. The van der Waals surface area contributed by atoms with Gasteiger partial charge in [-0.15, -0.1) is 0 Å². The summed E-state index contributed by atoms with van der Waals surface area (Å²) in [4.78, 5) is 15.6. The lowest BCUT2D eigenvalue weighted by Gasteiger charge is -2.44. The van der Waals surface area contributed by atoms with Crippen LogP contribution in [0.2, 0.25) is 0 Å². The fourth-order valence-corrected chi connectivity index (χ4v) is 7.94. The highest BCUT2D eigenvalue weighted by Gasteiger charge is 2.48. The van der Waals surface area contributed by atoms with E-state index in [2.05, 4.69) is 26.3 Å². The molecule has 5 rings (SSSR count). The topological polar surface area (TPSA) is 135 Å². The molecule has 5 aliphatic rings. The van der Waals surface area contributed by atoms with Crippen LogP contribution in [0.3, 0.4) is 0 Å². The molecule has 5 saturated heterocycles. The van der Waals surface area contributed by atoms with Crippen molar-refractivity contribution in [2.45, 2.75) is 61.5 Å². The van der Waals surface area contributed by atoms with E-state index < -0.39 is 28.3 Å². The zero-order chi connectivity index (χ0) is 23.2. The van der Waals surface area contributed by atoms with E-state index in [1.165, 1.54) is 0 Å². The Morgan fingerprint density at radius 1 is 1.09 bits per heavy atom.